The number of halogens is 2. The van der Waals surface area contributed by atoms with Crippen molar-refractivity contribution in [2.75, 3.05) is 31.9 Å². The van der Waals surface area contributed by atoms with Crippen LogP contribution in [0.15, 0.2) is 48.9 Å². The lowest BCUT2D eigenvalue weighted by atomic mass is 9.90. The van der Waals surface area contributed by atoms with E-state index in [9.17, 15) is 4.79 Å². The number of anilines is 1. The molecule has 1 amide bonds. The Morgan fingerprint density at radius 1 is 1.05 bits per heavy atom. The molecule has 2 aliphatic rings. The predicted octanol–water partition coefficient (Wildman–Crippen LogP) is 4.60. The van der Waals surface area contributed by atoms with Crippen molar-refractivity contribution < 1.29 is 9.18 Å². The second-order valence-corrected chi connectivity index (χ2v) is 11.3. The zero-order chi connectivity index (χ0) is 27.9. The van der Waals surface area contributed by atoms with Crippen molar-refractivity contribution in [2.24, 2.45) is 0 Å². The number of nitrogens with zero attached hydrogens (tertiary/aromatic N) is 7. The summed E-state index contributed by atoms with van der Waals surface area (Å²) in [5, 5.41) is 0.627. The fourth-order valence-electron chi connectivity index (χ4n) is 5.82. The molecular formula is C29H32ClFN8O. The fourth-order valence-corrected chi connectivity index (χ4v) is 5.98. The van der Waals surface area contributed by atoms with Gasteiger partial charge in [0.25, 0.3) is 5.91 Å². The van der Waals surface area contributed by atoms with Gasteiger partial charge in [-0.25, -0.2) is 19.3 Å². The number of aryl methyl sites for hydroxylation is 1. The van der Waals surface area contributed by atoms with E-state index in [1.807, 2.05) is 43.5 Å². The molecule has 2 N–H and O–H groups in total. The normalized spacial score (nSPS) is 18.3. The molecule has 40 heavy (non-hydrogen) atoms. The summed E-state index contributed by atoms with van der Waals surface area (Å²) in [7, 11) is 0. The van der Waals surface area contributed by atoms with Gasteiger partial charge in [-0.1, -0.05) is 17.7 Å². The lowest BCUT2D eigenvalue weighted by Gasteiger charge is -2.40. The van der Waals surface area contributed by atoms with Crippen LogP contribution in [0.1, 0.15) is 42.9 Å². The molecular weight excluding hydrogens is 531 g/mol. The molecule has 2 saturated heterocycles. The molecule has 11 heteroatoms. The molecule has 0 spiro atoms. The maximum Gasteiger partial charge on any atom is 0.260 e. The van der Waals surface area contributed by atoms with Gasteiger partial charge in [0.2, 0.25) is 5.95 Å². The van der Waals surface area contributed by atoms with E-state index >= 15 is 4.39 Å². The molecule has 3 aromatic heterocycles. The van der Waals surface area contributed by atoms with Crippen molar-refractivity contribution in [3.8, 4) is 11.5 Å². The third-order valence-corrected chi connectivity index (χ3v) is 8.31. The molecule has 0 unspecified atom stereocenters. The molecule has 0 atom stereocenters. The zero-order valence-corrected chi connectivity index (χ0v) is 23.2. The highest BCUT2D eigenvalue weighted by Gasteiger charge is 2.45. The molecule has 9 nitrogen and oxygen atoms in total. The second kappa shape index (κ2) is 10.7. The summed E-state index contributed by atoms with van der Waals surface area (Å²) in [5.74, 6) is 0.625. The van der Waals surface area contributed by atoms with Gasteiger partial charge in [-0.2, -0.15) is 0 Å². The van der Waals surface area contributed by atoms with Crippen LogP contribution in [0.3, 0.4) is 0 Å². The molecule has 2 aliphatic heterocycles. The Morgan fingerprint density at radius 3 is 2.45 bits per heavy atom. The van der Waals surface area contributed by atoms with Crippen LogP contribution in [0.5, 0.6) is 0 Å². The molecule has 1 aromatic carbocycles. The van der Waals surface area contributed by atoms with Gasteiger partial charge < -0.3 is 15.2 Å². The highest BCUT2D eigenvalue weighted by molar-refractivity contribution is 6.31. The van der Waals surface area contributed by atoms with Crippen LogP contribution in [0.25, 0.3) is 22.6 Å². The van der Waals surface area contributed by atoms with Crippen LogP contribution < -0.4 is 5.73 Å². The molecule has 0 saturated carbocycles. The highest BCUT2D eigenvalue weighted by atomic mass is 35.5. The van der Waals surface area contributed by atoms with E-state index < -0.39 is 5.67 Å². The van der Waals surface area contributed by atoms with Crippen molar-refractivity contribution >= 4 is 34.5 Å². The van der Waals surface area contributed by atoms with Crippen LogP contribution in [0.4, 0.5) is 10.3 Å². The summed E-state index contributed by atoms with van der Waals surface area (Å²) in [6, 6.07) is 9.83. The summed E-state index contributed by atoms with van der Waals surface area (Å²) in [6.07, 6.45) is 6.98. The van der Waals surface area contributed by atoms with E-state index in [0.717, 1.165) is 33.7 Å². The topological polar surface area (TPSA) is 106 Å². The maximum absolute atomic E-state index is 16.0. The molecule has 0 bridgehead atoms. The maximum atomic E-state index is 16.0. The van der Waals surface area contributed by atoms with E-state index in [-0.39, 0.29) is 30.7 Å². The van der Waals surface area contributed by atoms with Gasteiger partial charge in [-0.05, 0) is 49.6 Å². The Morgan fingerprint density at radius 2 is 1.77 bits per heavy atom. The summed E-state index contributed by atoms with van der Waals surface area (Å²) < 4.78 is 18.2. The first kappa shape index (κ1) is 26.6. The summed E-state index contributed by atoms with van der Waals surface area (Å²) in [6.45, 7) is 4.60. The minimum absolute atomic E-state index is 0.105. The van der Waals surface area contributed by atoms with Crippen molar-refractivity contribution in [3.05, 3.63) is 65.1 Å². The number of pyridine rings is 1. The third-order valence-electron chi connectivity index (χ3n) is 8.07. The van der Waals surface area contributed by atoms with Crippen LogP contribution in [0, 0.1) is 6.92 Å². The van der Waals surface area contributed by atoms with E-state index in [1.165, 1.54) is 0 Å². The number of imidazole rings is 1. The Labute approximate surface area is 237 Å². The molecule has 0 aliphatic carbocycles. The minimum atomic E-state index is -1.84. The number of nitrogens with two attached hydrogens (primary N) is 1. The molecule has 0 radical (unpaired) electrons. The predicted molar refractivity (Wildman–Crippen MR) is 152 cm³/mol. The van der Waals surface area contributed by atoms with Crippen molar-refractivity contribution in [2.45, 2.75) is 50.9 Å². The number of fused-ring (bicyclic) bond motifs is 1. The molecule has 6 rings (SSSR count). The quantitative estimate of drug-likeness (QED) is 0.379. The fraction of sp³-hybridized carbons (Fsp3) is 0.414. The summed E-state index contributed by atoms with van der Waals surface area (Å²) in [5.41, 5.74) is 8.30. The Hall–Kier alpha value is -3.63. The first-order valence-electron chi connectivity index (χ1n) is 13.7. The first-order valence-corrected chi connectivity index (χ1v) is 14.0. The lowest BCUT2D eigenvalue weighted by molar-refractivity contribution is -0.148. The number of alkyl halides is 1. The number of hydrogen-bond donors (Lipinski definition) is 1. The highest BCUT2D eigenvalue weighted by Crippen LogP contribution is 2.36. The summed E-state index contributed by atoms with van der Waals surface area (Å²) >= 11 is 6.27. The van der Waals surface area contributed by atoms with Crippen LogP contribution in [-0.2, 0) is 11.3 Å². The van der Waals surface area contributed by atoms with E-state index in [1.54, 1.807) is 17.3 Å². The number of piperidine rings is 2. The van der Waals surface area contributed by atoms with Crippen LogP contribution in [-0.4, -0.2) is 72.1 Å². The van der Waals surface area contributed by atoms with Crippen molar-refractivity contribution in [1.29, 1.82) is 0 Å². The molecule has 4 aromatic rings. The van der Waals surface area contributed by atoms with Gasteiger partial charge in [0.15, 0.2) is 11.5 Å². The average Bonchev–Trinajstić information content (AvgIpc) is 3.34. The first-order chi connectivity index (χ1) is 19.3. The third kappa shape index (κ3) is 5.25. The minimum Gasteiger partial charge on any atom is -0.368 e. The van der Waals surface area contributed by atoms with Gasteiger partial charge >= 0.3 is 0 Å². The number of amides is 1. The molecule has 5 heterocycles. The van der Waals surface area contributed by atoms with Gasteiger partial charge in [0.05, 0.1) is 11.0 Å². The van der Waals surface area contributed by atoms with Crippen molar-refractivity contribution in [3.63, 3.8) is 0 Å². The number of carbonyl (C=O) groups excluding carboxylic acids is 1. The lowest BCUT2D eigenvalue weighted by Crippen LogP contribution is -2.53. The molecule has 208 valence electrons. The zero-order valence-electron chi connectivity index (χ0n) is 22.4. The van der Waals surface area contributed by atoms with Gasteiger partial charge in [-0.3, -0.25) is 14.7 Å². The standard InChI is InChI=1S/C29H32ClFN8O/c1-19-2-4-23(33-15-19)26-36-24-14-21(30)3-5-25(24)39(26)22-6-10-38(11-7-22)27(40)29(31)8-12-37(13-9-29)18-20-16-34-28(32)35-17-20/h2-5,14-17,22H,6-13,18H2,1H3,(H2,32,34,35). The summed E-state index contributed by atoms with van der Waals surface area (Å²) in [4.78, 5) is 34.8. The molecule has 2 fully saturated rings. The number of benzene rings is 1. The number of aromatic nitrogens is 5. The smallest absolute Gasteiger partial charge is 0.260 e. The van der Waals surface area contributed by atoms with E-state index in [2.05, 4.69) is 24.4 Å². The Balaban J connectivity index is 1.13. The van der Waals surface area contributed by atoms with E-state index in [0.29, 0.717) is 50.6 Å². The number of likely N-dealkylation sites (tertiary alicyclic amines) is 2. The van der Waals surface area contributed by atoms with Gasteiger partial charge in [0.1, 0.15) is 5.69 Å². The van der Waals surface area contributed by atoms with Gasteiger partial charge in [0, 0.05) is 80.8 Å². The Bertz CT molecular complexity index is 1510. The number of nitrogen functional groups attached to an aromatic ring is 1. The van der Waals surface area contributed by atoms with Crippen LogP contribution >= 0.6 is 11.6 Å². The number of rotatable bonds is 5. The number of hydrogen-bond acceptors (Lipinski definition) is 7. The Kier molecular flexibility index (Phi) is 7.14. The number of carbonyl (C=O) groups is 1. The second-order valence-electron chi connectivity index (χ2n) is 10.9. The van der Waals surface area contributed by atoms with Crippen molar-refractivity contribution in [1.82, 2.24) is 34.3 Å². The monoisotopic (exact) mass is 562 g/mol. The van der Waals surface area contributed by atoms with Crippen LogP contribution in [0.2, 0.25) is 5.02 Å². The van der Waals surface area contributed by atoms with Gasteiger partial charge in [-0.15, -0.1) is 0 Å². The largest absolute Gasteiger partial charge is 0.368 e. The van der Waals surface area contributed by atoms with E-state index in [4.69, 9.17) is 22.3 Å². The average molecular weight is 563 g/mol. The SMILES string of the molecule is Cc1ccc(-c2nc3cc(Cl)ccc3n2C2CCN(C(=O)C3(F)CCN(Cc4cnc(N)nc4)CC3)CC2)nc1.